The van der Waals surface area contributed by atoms with E-state index < -0.39 is 0 Å². The number of hydrogen-bond donors (Lipinski definition) is 1. The van der Waals surface area contributed by atoms with Gasteiger partial charge in [0.05, 0.1) is 23.0 Å². The lowest BCUT2D eigenvalue weighted by atomic mass is 10.00. The van der Waals surface area contributed by atoms with Crippen molar-refractivity contribution < 1.29 is 14.1 Å². The third kappa shape index (κ3) is 6.01. The van der Waals surface area contributed by atoms with Gasteiger partial charge in [0, 0.05) is 56.9 Å². The minimum Gasteiger partial charge on any atom is -0.371 e. The van der Waals surface area contributed by atoms with Crippen molar-refractivity contribution in [3.63, 3.8) is 0 Å². The topological polar surface area (TPSA) is 81.9 Å². The highest BCUT2D eigenvalue weighted by atomic mass is 16.5. The number of nitrogens with one attached hydrogen (secondary N) is 1. The van der Waals surface area contributed by atoms with Crippen LogP contribution in [-0.4, -0.2) is 59.5 Å². The van der Waals surface area contributed by atoms with E-state index in [4.69, 9.17) is 4.52 Å². The largest absolute Gasteiger partial charge is 0.371 e. The van der Waals surface area contributed by atoms with Gasteiger partial charge in [-0.1, -0.05) is 48.3 Å². The molecule has 1 N–H and O–H groups in total. The summed E-state index contributed by atoms with van der Waals surface area (Å²) in [6.45, 7) is 4.64. The van der Waals surface area contributed by atoms with Crippen LogP contribution in [0.15, 0.2) is 65.4 Å². The Morgan fingerprint density at radius 3 is 2.44 bits per heavy atom. The van der Waals surface area contributed by atoms with Gasteiger partial charge in [-0.2, -0.15) is 0 Å². The molecule has 2 aromatic carbocycles. The Kier molecular flexibility index (Phi) is 7.63. The van der Waals surface area contributed by atoms with Crippen molar-refractivity contribution >= 4 is 23.2 Å². The molecule has 204 valence electrons. The number of rotatable bonds is 7. The molecule has 1 atom stereocenters. The molecule has 3 aliphatic rings. The molecular formula is C31H37N5O3. The standard InChI is InChI=1S/C31H37N5O3/c37-30(24-10-11-24)32-25-12-13-27(28(20-25)35-15-6-1-2-7-16-35)31(38)36-18-17-34(21-26-14-19-39-33-26)22-29(36)23-8-4-3-5-9-23/h3-5,8-9,12-14,19-20,24,29H,1-2,6-7,10-11,15-18,21-22H2,(H,32,37). The maximum atomic E-state index is 14.4. The highest BCUT2D eigenvalue weighted by Crippen LogP contribution is 2.34. The van der Waals surface area contributed by atoms with Crippen molar-refractivity contribution in [1.82, 2.24) is 15.0 Å². The highest BCUT2D eigenvalue weighted by Gasteiger charge is 2.34. The maximum absolute atomic E-state index is 14.4. The first-order chi connectivity index (χ1) is 19.2. The van der Waals surface area contributed by atoms with Crippen LogP contribution in [0.5, 0.6) is 0 Å². The minimum absolute atomic E-state index is 0.0456. The van der Waals surface area contributed by atoms with Gasteiger partial charge in [0.15, 0.2) is 0 Å². The average Bonchev–Trinajstić information content (AvgIpc) is 3.76. The van der Waals surface area contributed by atoms with Crippen LogP contribution >= 0.6 is 0 Å². The Morgan fingerprint density at radius 2 is 1.72 bits per heavy atom. The molecule has 1 unspecified atom stereocenters. The first kappa shape index (κ1) is 25.6. The second-order valence-corrected chi connectivity index (χ2v) is 11.0. The molecule has 0 radical (unpaired) electrons. The van der Waals surface area contributed by atoms with Crippen molar-refractivity contribution in [3.05, 3.63) is 77.7 Å². The lowest BCUT2D eigenvalue weighted by Crippen LogP contribution is -2.50. The summed E-state index contributed by atoms with van der Waals surface area (Å²) in [5.41, 5.74) is 4.45. The van der Waals surface area contributed by atoms with E-state index >= 15 is 0 Å². The SMILES string of the molecule is O=C(Nc1ccc(C(=O)N2CCN(Cc3ccon3)CC2c2ccccc2)c(N2CCCCCC2)c1)C1CC1. The Labute approximate surface area is 229 Å². The third-order valence-corrected chi connectivity index (χ3v) is 8.18. The monoisotopic (exact) mass is 527 g/mol. The van der Waals surface area contributed by atoms with Gasteiger partial charge >= 0.3 is 0 Å². The predicted octanol–water partition coefficient (Wildman–Crippen LogP) is 5.10. The van der Waals surface area contributed by atoms with Gasteiger partial charge in [0.2, 0.25) is 5.91 Å². The lowest BCUT2D eigenvalue weighted by Gasteiger charge is -2.42. The molecule has 8 heteroatoms. The van der Waals surface area contributed by atoms with E-state index in [1.54, 1.807) is 6.26 Å². The van der Waals surface area contributed by atoms with Crippen molar-refractivity contribution in [2.45, 2.75) is 51.1 Å². The minimum atomic E-state index is -0.0782. The van der Waals surface area contributed by atoms with Crippen LogP contribution in [0.25, 0.3) is 0 Å². The molecule has 0 spiro atoms. The van der Waals surface area contributed by atoms with Gasteiger partial charge in [-0.15, -0.1) is 0 Å². The molecule has 1 saturated carbocycles. The number of amides is 2. The van der Waals surface area contributed by atoms with Crippen LogP contribution in [0.1, 0.15) is 66.2 Å². The summed E-state index contributed by atoms with van der Waals surface area (Å²) in [6.07, 6.45) is 8.17. The number of anilines is 2. The molecular weight excluding hydrogens is 490 g/mol. The summed E-state index contributed by atoms with van der Waals surface area (Å²) < 4.78 is 5.04. The molecule has 3 heterocycles. The van der Waals surface area contributed by atoms with Crippen molar-refractivity contribution in [3.8, 4) is 0 Å². The molecule has 8 nitrogen and oxygen atoms in total. The summed E-state index contributed by atoms with van der Waals surface area (Å²) in [4.78, 5) is 33.6. The van der Waals surface area contributed by atoms with E-state index in [-0.39, 0.29) is 23.8 Å². The van der Waals surface area contributed by atoms with Crippen LogP contribution in [0.2, 0.25) is 0 Å². The average molecular weight is 528 g/mol. The zero-order valence-electron chi connectivity index (χ0n) is 22.4. The van der Waals surface area contributed by atoms with Gasteiger partial charge in [0.1, 0.15) is 6.26 Å². The smallest absolute Gasteiger partial charge is 0.256 e. The van der Waals surface area contributed by atoms with E-state index in [9.17, 15) is 9.59 Å². The van der Waals surface area contributed by atoms with E-state index in [0.717, 1.165) is 74.5 Å². The number of nitrogens with zero attached hydrogens (tertiary/aromatic N) is 4. The fourth-order valence-electron chi connectivity index (χ4n) is 5.84. The second kappa shape index (κ2) is 11.6. The van der Waals surface area contributed by atoms with Gasteiger partial charge in [-0.05, 0) is 49.4 Å². The number of benzene rings is 2. The van der Waals surface area contributed by atoms with Crippen LogP contribution in [0.3, 0.4) is 0 Å². The van der Waals surface area contributed by atoms with Gasteiger partial charge < -0.3 is 19.6 Å². The zero-order valence-corrected chi connectivity index (χ0v) is 22.4. The quantitative estimate of drug-likeness (QED) is 0.460. The fraction of sp³-hybridized carbons (Fsp3) is 0.452. The van der Waals surface area contributed by atoms with E-state index in [1.165, 1.54) is 12.8 Å². The molecule has 1 aromatic heterocycles. The molecule has 2 aliphatic heterocycles. The first-order valence-corrected chi connectivity index (χ1v) is 14.3. The number of piperazine rings is 1. The number of aromatic nitrogens is 1. The third-order valence-electron chi connectivity index (χ3n) is 8.18. The second-order valence-electron chi connectivity index (χ2n) is 11.0. The van der Waals surface area contributed by atoms with E-state index in [2.05, 4.69) is 32.4 Å². The summed E-state index contributed by atoms with van der Waals surface area (Å²) in [7, 11) is 0. The molecule has 3 aromatic rings. The summed E-state index contributed by atoms with van der Waals surface area (Å²) in [5, 5.41) is 7.19. The van der Waals surface area contributed by atoms with Crippen LogP contribution in [-0.2, 0) is 11.3 Å². The number of hydrogen-bond acceptors (Lipinski definition) is 6. The Balaban J connectivity index is 1.30. The molecule has 2 saturated heterocycles. The Hall–Kier alpha value is -3.65. The van der Waals surface area contributed by atoms with E-state index in [1.807, 2.05) is 47.4 Å². The number of carbonyl (C=O) groups excluding carboxylic acids is 2. The predicted molar refractivity (Wildman–Crippen MR) is 150 cm³/mol. The molecule has 6 rings (SSSR count). The normalized spacial score (nSPS) is 20.5. The Bertz CT molecular complexity index is 1270. The van der Waals surface area contributed by atoms with E-state index in [0.29, 0.717) is 18.7 Å². The molecule has 1 aliphatic carbocycles. The molecule has 2 amide bonds. The van der Waals surface area contributed by atoms with Crippen LogP contribution < -0.4 is 10.2 Å². The van der Waals surface area contributed by atoms with Gasteiger partial charge in [-0.3, -0.25) is 14.5 Å². The van der Waals surface area contributed by atoms with Crippen molar-refractivity contribution in [1.29, 1.82) is 0 Å². The van der Waals surface area contributed by atoms with Crippen molar-refractivity contribution in [2.75, 3.05) is 42.9 Å². The molecule has 39 heavy (non-hydrogen) atoms. The fourth-order valence-corrected chi connectivity index (χ4v) is 5.84. The van der Waals surface area contributed by atoms with Crippen LogP contribution in [0, 0.1) is 5.92 Å². The summed E-state index contributed by atoms with van der Waals surface area (Å²) in [5.74, 6) is 0.264. The van der Waals surface area contributed by atoms with Gasteiger partial charge in [0.25, 0.3) is 5.91 Å². The summed E-state index contributed by atoms with van der Waals surface area (Å²) >= 11 is 0. The van der Waals surface area contributed by atoms with Crippen LogP contribution in [0.4, 0.5) is 11.4 Å². The van der Waals surface area contributed by atoms with Gasteiger partial charge in [-0.25, -0.2) is 0 Å². The van der Waals surface area contributed by atoms with Crippen molar-refractivity contribution in [2.24, 2.45) is 5.92 Å². The first-order valence-electron chi connectivity index (χ1n) is 14.3. The summed E-state index contributed by atoms with van der Waals surface area (Å²) in [6, 6.07) is 18.0. The Morgan fingerprint density at radius 1 is 0.923 bits per heavy atom. The molecule has 0 bridgehead atoms. The molecule has 3 fully saturated rings. The highest BCUT2D eigenvalue weighted by molar-refractivity contribution is 6.02. The zero-order chi connectivity index (χ0) is 26.6. The lowest BCUT2D eigenvalue weighted by molar-refractivity contribution is -0.117. The maximum Gasteiger partial charge on any atom is 0.256 e. The number of carbonyl (C=O) groups is 2.